The van der Waals surface area contributed by atoms with E-state index in [0.717, 1.165) is 5.56 Å². The molecule has 1 aromatic heterocycles. The van der Waals surface area contributed by atoms with Gasteiger partial charge >= 0.3 is 0 Å². The zero-order valence-electron chi connectivity index (χ0n) is 10.5. The molecule has 0 spiro atoms. The summed E-state index contributed by atoms with van der Waals surface area (Å²) < 4.78 is 0. The first-order chi connectivity index (χ1) is 9.08. The van der Waals surface area contributed by atoms with Crippen molar-refractivity contribution in [1.29, 1.82) is 0 Å². The van der Waals surface area contributed by atoms with Crippen LogP contribution in [0.1, 0.15) is 15.9 Å². The predicted octanol–water partition coefficient (Wildman–Crippen LogP) is 2.59. The highest BCUT2D eigenvalue weighted by atomic mass is 35.5. The molecule has 0 aliphatic rings. The number of nitrogens with zero attached hydrogens (tertiary/aromatic N) is 2. The Labute approximate surface area is 116 Å². The monoisotopic (exact) mass is 275 g/mol. The van der Waals surface area contributed by atoms with E-state index in [1.54, 1.807) is 24.2 Å². The lowest BCUT2D eigenvalue weighted by Gasteiger charge is -2.18. The van der Waals surface area contributed by atoms with E-state index >= 15 is 0 Å². The number of aromatic nitrogens is 1. The smallest absolute Gasteiger partial charge is 0.255 e. The Kier molecular flexibility index (Phi) is 4.02. The maximum absolute atomic E-state index is 12.2. The minimum absolute atomic E-state index is 0.144. The molecular weight excluding hydrogens is 262 g/mol. The van der Waals surface area contributed by atoms with Crippen molar-refractivity contribution in [3.63, 3.8) is 0 Å². The molecular formula is C14H14ClN3O. The molecule has 2 aromatic rings. The van der Waals surface area contributed by atoms with Crippen molar-refractivity contribution in [3.05, 3.63) is 58.9 Å². The van der Waals surface area contributed by atoms with Gasteiger partial charge in [0.15, 0.2) is 0 Å². The number of rotatable bonds is 3. The van der Waals surface area contributed by atoms with E-state index in [1.165, 1.54) is 6.20 Å². The largest absolute Gasteiger partial charge is 0.399 e. The fourth-order valence-electron chi connectivity index (χ4n) is 1.79. The van der Waals surface area contributed by atoms with E-state index in [0.29, 0.717) is 22.8 Å². The molecule has 0 aliphatic heterocycles. The van der Waals surface area contributed by atoms with Gasteiger partial charge in [0, 0.05) is 31.7 Å². The van der Waals surface area contributed by atoms with Gasteiger partial charge in [-0.1, -0.05) is 23.7 Å². The predicted molar refractivity (Wildman–Crippen MR) is 75.9 cm³/mol. The fraction of sp³-hybridized carbons (Fsp3) is 0.143. The molecule has 0 atom stereocenters. The van der Waals surface area contributed by atoms with E-state index in [1.807, 2.05) is 24.3 Å². The number of hydrogen-bond acceptors (Lipinski definition) is 3. The Bertz CT molecular complexity index is 601. The molecule has 2 rings (SSSR count). The standard InChI is InChI=1S/C14H14ClN3O/c1-18(9-10-3-2-4-11(16)7-10)14(19)12-5-6-17-8-13(12)15/h2-8H,9,16H2,1H3. The van der Waals surface area contributed by atoms with E-state index < -0.39 is 0 Å². The molecule has 1 aromatic carbocycles. The number of pyridine rings is 1. The lowest BCUT2D eigenvalue weighted by atomic mass is 10.1. The van der Waals surface area contributed by atoms with Gasteiger partial charge in [-0.15, -0.1) is 0 Å². The first-order valence-electron chi connectivity index (χ1n) is 5.77. The van der Waals surface area contributed by atoms with Crippen molar-refractivity contribution in [3.8, 4) is 0 Å². The first-order valence-corrected chi connectivity index (χ1v) is 6.15. The van der Waals surface area contributed by atoms with Crippen LogP contribution in [-0.4, -0.2) is 22.8 Å². The molecule has 5 heteroatoms. The van der Waals surface area contributed by atoms with Gasteiger partial charge in [-0.05, 0) is 23.8 Å². The molecule has 19 heavy (non-hydrogen) atoms. The summed E-state index contributed by atoms with van der Waals surface area (Å²) in [5, 5.41) is 0.354. The van der Waals surface area contributed by atoms with E-state index in [-0.39, 0.29) is 5.91 Å². The number of benzene rings is 1. The molecule has 0 fully saturated rings. The molecule has 98 valence electrons. The van der Waals surface area contributed by atoms with Gasteiger partial charge in [-0.2, -0.15) is 0 Å². The number of carbonyl (C=O) groups is 1. The van der Waals surface area contributed by atoms with E-state index in [4.69, 9.17) is 17.3 Å². The second-order valence-corrected chi connectivity index (χ2v) is 4.67. The maximum atomic E-state index is 12.2. The SMILES string of the molecule is CN(Cc1cccc(N)c1)C(=O)c1ccncc1Cl. The molecule has 0 saturated heterocycles. The molecule has 1 amide bonds. The summed E-state index contributed by atoms with van der Waals surface area (Å²) >= 11 is 5.96. The van der Waals surface area contributed by atoms with E-state index in [2.05, 4.69) is 4.98 Å². The third-order valence-electron chi connectivity index (χ3n) is 2.72. The number of anilines is 1. The topological polar surface area (TPSA) is 59.2 Å². The van der Waals surface area contributed by atoms with Crippen LogP contribution in [0.15, 0.2) is 42.7 Å². The Hall–Kier alpha value is -2.07. The van der Waals surface area contributed by atoms with Gasteiger partial charge in [0.1, 0.15) is 0 Å². The molecule has 0 aliphatic carbocycles. The molecule has 0 bridgehead atoms. The van der Waals surface area contributed by atoms with Crippen molar-refractivity contribution < 1.29 is 4.79 Å². The van der Waals surface area contributed by atoms with Crippen LogP contribution < -0.4 is 5.73 Å². The number of carbonyl (C=O) groups excluding carboxylic acids is 1. The molecule has 1 heterocycles. The average Bonchev–Trinajstić information content (AvgIpc) is 2.38. The van der Waals surface area contributed by atoms with E-state index in [9.17, 15) is 4.79 Å². The zero-order valence-corrected chi connectivity index (χ0v) is 11.3. The molecule has 0 unspecified atom stereocenters. The highest BCUT2D eigenvalue weighted by Crippen LogP contribution is 2.17. The van der Waals surface area contributed by atoms with Crippen LogP contribution >= 0.6 is 11.6 Å². The summed E-state index contributed by atoms with van der Waals surface area (Å²) in [5.41, 5.74) is 7.81. The van der Waals surface area contributed by atoms with Crippen LogP contribution in [0.5, 0.6) is 0 Å². The van der Waals surface area contributed by atoms with Crippen molar-refractivity contribution in [1.82, 2.24) is 9.88 Å². The average molecular weight is 276 g/mol. The van der Waals surface area contributed by atoms with Crippen LogP contribution in [0.2, 0.25) is 5.02 Å². The lowest BCUT2D eigenvalue weighted by molar-refractivity contribution is 0.0785. The van der Waals surface area contributed by atoms with Crippen LogP contribution in [0.4, 0.5) is 5.69 Å². The summed E-state index contributed by atoms with van der Waals surface area (Å²) in [5.74, 6) is -0.144. The normalized spacial score (nSPS) is 10.2. The summed E-state index contributed by atoms with van der Waals surface area (Å²) in [7, 11) is 1.72. The Balaban J connectivity index is 2.14. The maximum Gasteiger partial charge on any atom is 0.255 e. The number of amides is 1. The quantitative estimate of drug-likeness (QED) is 0.876. The van der Waals surface area contributed by atoms with Crippen molar-refractivity contribution in [2.24, 2.45) is 0 Å². The van der Waals surface area contributed by atoms with Crippen LogP contribution in [-0.2, 0) is 6.54 Å². The number of hydrogen-bond donors (Lipinski definition) is 1. The van der Waals surface area contributed by atoms with Crippen molar-refractivity contribution in [2.75, 3.05) is 12.8 Å². The summed E-state index contributed by atoms with van der Waals surface area (Å²) in [6, 6.07) is 9.06. The summed E-state index contributed by atoms with van der Waals surface area (Å²) in [6.45, 7) is 0.475. The van der Waals surface area contributed by atoms with Gasteiger partial charge in [0.05, 0.1) is 10.6 Å². The minimum atomic E-state index is -0.144. The molecule has 0 saturated carbocycles. The lowest BCUT2D eigenvalue weighted by Crippen LogP contribution is -2.26. The van der Waals surface area contributed by atoms with Crippen LogP contribution in [0.3, 0.4) is 0 Å². The van der Waals surface area contributed by atoms with Gasteiger partial charge < -0.3 is 10.6 Å². The fourth-order valence-corrected chi connectivity index (χ4v) is 1.99. The third kappa shape index (κ3) is 3.23. The van der Waals surface area contributed by atoms with Gasteiger partial charge in [0.25, 0.3) is 5.91 Å². The summed E-state index contributed by atoms with van der Waals surface area (Å²) in [4.78, 5) is 17.7. The van der Waals surface area contributed by atoms with Crippen LogP contribution in [0.25, 0.3) is 0 Å². The Morgan fingerprint density at radius 3 is 2.89 bits per heavy atom. The minimum Gasteiger partial charge on any atom is -0.399 e. The second-order valence-electron chi connectivity index (χ2n) is 4.26. The molecule has 4 nitrogen and oxygen atoms in total. The van der Waals surface area contributed by atoms with Gasteiger partial charge in [0.2, 0.25) is 0 Å². The zero-order chi connectivity index (χ0) is 13.8. The number of nitrogen functional groups attached to an aromatic ring is 1. The van der Waals surface area contributed by atoms with Gasteiger partial charge in [-0.25, -0.2) is 0 Å². The van der Waals surface area contributed by atoms with Crippen LogP contribution in [0, 0.1) is 0 Å². The second kappa shape index (κ2) is 5.71. The number of halogens is 1. The molecule has 0 radical (unpaired) electrons. The van der Waals surface area contributed by atoms with Crippen molar-refractivity contribution >= 4 is 23.2 Å². The third-order valence-corrected chi connectivity index (χ3v) is 3.02. The highest BCUT2D eigenvalue weighted by molar-refractivity contribution is 6.33. The molecule has 2 N–H and O–H groups in total. The van der Waals surface area contributed by atoms with Crippen molar-refractivity contribution in [2.45, 2.75) is 6.54 Å². The Morgan fingerprint density at radius 2 is 2.21 bits per heavy atom. The highest BCUT2D eigenvalue weighted by Gasteiger charge is 2.15. The Morgan fingerprint density at radius 1 is 1.42 bits per heavy atom. The summed E-state index contributed by atoms with van der Waals surface area (Å²) in [6.07, 6.45) is 3.01. The number of nitrogens with two attached hydrogens (primary N) is 1. The van der Waals surface area contributed by atoms with Gasteiger partial charge in [-0.3, -0.25) is 9.78 Å². The first kappa shape index (κ1) is 13.4.